The molecule has 1 atom stereocenters. The number of carbonyl (C=O) groups excluding carboxylic acids is 1. The minimum Gasteiger partial charge on any atom is -0.361 e. The average molecular weight is 383 g/mol. The zero-order valence-corrected chi connectivity index (χ0v) is 16.3. The highest BCUT2D eigenvalue weighted by atomic mass is 16.2. The van der Waals surface area contributed by atoms with Crippen LogP contribution in [0.25, 0.3) is 22.2 Å². The summed E-state index contributed by atoms with van der Waals surface area (Å²) in [6, 6.07) is 17.9. The van der Waals surface area contributed by atoms with Gasteiger partial charge in [0.05, 0.1) is 16.9 Å². The van der Waals surface area contributed by atoms with Crippen molar-refractivity contribution in [3.8, 4) is 11.3 Å². The molecule has 144 valence electrons. The largest absolute Gasteiger partial charge is 0.361 e. The summed E-state index contributed by atoms with van der Waals surface area (Å²) in [5.74, 6) is 0.00713. The molecule has 3 heterocycles. The van der Waals surface area contributed by atoms with Crippen LogP contribution >= 0.6 is 0 Å². The number of amides is 1. The van der Waals surface area contributed by atoms with Crippen LogP contribution in [0.15, 0.2) is 60.8 Å². The van der Waals surface area contributed by atoms with Crippen molar-refractivity contribution >= 4 is 28.2 Å². The smallest absolute Gasteiger partial charge is 0.247 e. The number of likely N-dealkylation sites (N-methyl/N-ethyl adjacent to an activating group) is 1. The Bertz CT molecular complexity index is 1210. The quantitative estimate of drug-likeness (QED) is 0.562. The van der Waals surface area contributed by atoms with Gasteiger partial charge in [-0.25, -0.2) is 0 Å². The first-order chi connectivity index (χ1) is 14.1. The number of aromatic amines is 1. The minimum atomic E-state index is -0.263. The third-order valence-corrected chi connectivity index (χ3v) is 5.53. The molecule has 1 aliphatic heterocycles. The highest BCUT2D eigenvalue weighted by molar-refractivity contribution is 6.08. The van der Waals surface area contributed by atoms with E-state index in [2.05, 4.69) is 43.6 Å². The number of hydrogen-bond acceptors (Lipinski definition) is 4. The maximum Gasteiger partial charge on any atom is 0.247 e. The van der Waals surface area contributed by atoms with Gasteiger partial charge in [-0.05, 0) is 36.8 Å². The van der Waals surface area contributed by atoms with Crippen LogP contribution < -0.4 is 10.2 Å². The van der Waals surface area contributed by atoms with Gasteiger partial charge in [-0.2, -0.15) is 5.10 Å². The van der Waals surface area contributed by atoms with Crippen LogP contribution in [-0.2, 0) is 11.2 Å². The third-order valence-electron chi connectivity index (χ3n) is 5.53. The maximum atomic E-state index is 12.8. The summed E-state index contributed by atoms with van der Waals surface area (Å²) in [6.07, 6.45) is 2.45. The molecule has 6 nitrogen and oxygen atoms in total. The van der Waals surface area contributed by atoms with Gasteiger partial charge in [-0.15, -0.1) is 0 Å². The molecule has 2 N–H and O–H groups in total. The van der Waals surface area contributed by atoms with Crippen molar-refractivity contribution in [3.05, 3.63) is 72.1 Å². The Labute approximate surface area is 168 Å². The molecule has 0 spiro atoms. The second-order valence-corrected chi connectivity index (χ2v) is 7.48. The van der Waals surface area contributed by atoms with E-state index < -0.39 is 0 Å². The molecule has 29 heavy (non-hydrogen) atoms. The number of carbonyl (C=O) groups is 1. The van der Waals surface area contributed by atoms with E-state index in [9.17, 15) is 4.79 Å². The van der Waals surface area contributed by atoms with Crippen LogP contribution in [-0.4, -0.2) is 34.2 Å². The van der Waals surface area contributed by atoms with Gasteiger partial charge in [0.2, 0.25) is 5.91 Å². The summed E-state index contributed by atoms with van der Waals surface area (Å²) in [5, 5.41) is 11.7. The van der Waals surface area contributed by atoms with Gasteiger partial charge >= 0.3 is 0 Å². The Hall–Kier alpha value is -3.67. The first-order valence-corrected chi connectivity index (χ1v) is 9.63. The van der Waals surface area contributed by atoms with Gasteiger partial charge in [-0.1, -0.05) is 30.3 Å². The van der Waals surface area contributed by atoms with Crippen LogP contribution in [0.4, 0.5) is 11.4 Å². The first-order valence-electron chi connectivity index (χ1n) is 9.63. The fraction of sp³-hybridized carbons (Fsp3) is 0.174. The monoisotopic (exact) mass is 383 g/mol. The van der Waals surface area contributed by atoms with E-state index in [4.69, 9.17) is 0 Å². The second-order valence-electron chi connectivity index (χ2n) is 7.48. The van der Waals surface area contributed by atoms with Crippen molar-refractivity contribution in [2.24, 2.45) is 0 Å². The van der Waals surface area contributed by atoms with E-state index >= 15 is 0 Å². The summed E-state index contributed by atoms with van der Waals surface area (Å²) in [5.41, 5.74) is 6.68. The number of benzene rings is 2. The van der Waals surface area contributed by atoms with Crippen LogP contribution in [0.1, 0.15) is 11.3 Å². The molecule has 0 aliphatic carbocycles. The highest BCUT2D eigenvalue weighted by Gasteiger charge is 2.31. The number of aromatic nitrogens is 3. The van der Waals surface area contributed by atoms with Crippen molar-refractivity contribution in [3.63, 3.8) is 0 Å². The minimum absolute atomic E-state index is 0.00713. The van der Waals surface area contributed by atoms with E-state index in [1.54, 1.807) is 6.20 Å². The van der Waals surface area contributed by atoms with Crippen molar-refractivity contribution in [1.82, 2.24) is 15.2 Å². The summed E-state index contributed by atoms with van der Waals surface area (Å²) in [7, 11) is 1.98. The molecule has 4 aromatic rings. The molecule has 2 aromatic carbocycles. The van der Waals surface area contributed by atoms with Crippen molar-refractivity contribution in [1.29, 1.82) is 0 Å². The Kier molecular flexibility index (Phi) is 4.05. The van der Waals surface area contributed by atoms with E-state index in [1.165, 1.54) is 0 Å². The van der Waals surface area contributed by atoms with Crippen molar-refractivity contribution in [2.45, 2.75) is 19.4 Å². The zero-order chi connectivity index (χ0) is 20.0. The predicted octanol–water partition coefficient (Wildman–Crippen LogP) is 3.93. The molecule has 1 unspecified atom stereocenters. The molecule has 1 amide bonds. The highest BCUT2D eigenvalue weighted by Crippen LogP contribution is 2.38. The summed E-state index contributed by atoms with van der Waals surface area (Å²) in [6.45, 7) is 1.97. The Morgan fingerprint density at radius 3 is 2.72 bits per heavy atom. The lowest BCUT2D eigenvalue weighted by molar-refractivity contribution is -0.117. The molecule has 2 aromatic heterocycles. The van der Waals surface area contributed by atoms with Gasteiger partial charge in [0, 0.05) is 36.3 Å². The molecule has 1 aliphatic rings. The molecule has 0 fully saturated rings. The number of nitrogens with zero attached hydrogens (tertiary/aromatic N) is 3. The topological polar surface area (TPSA) is 73.9 Å². The maximum absolute atomic E-state index is 12.8. The van der Waals surface area contributed by atoms with Gasteiger partial charge in [-0.3, -0.25) is 14.9 Å². The summed E-state index contributed by atoms with van der Waals surface area (Å²) >= 11 is 0. The van der Waals surface area contributed by atoms with Crippen LogP contribution in [0, 0.1) is 6.92 Å². The molecule has 0 saturated carbocycles. The number of pyridine rings is 1. The lowest BCUT2D eigenvalue weighted by Crippen LogP contribution is -2.47. The first kappa shape index (κ1) is 17.4. The van der Waals surface area contributed by atoms with Crippen LogP contribution in [0.5, 0.6) is 0 Å². The molecular formula is C23H21N5O. The normalized spacial score (nSPS) is 16.0. The predicted molar refractivity (Wildman–Crippen MR) is 115 cm³/mol. The zero-order valence-electron chi connectivity index (χ0n) is 16.3. The number of fused-ring (bicyclic) bond motifs is 2. The molecule has 6 heteroatoms. The van der Waals surface area contributed by atoms with E-state index in [1.807, 2.05) is 50.4 Å². The average Bonchev–Trinajstić information content (AvgIpc) is 3.13. The number of hydrogen-bond donors (Lipinski definition) is 2. The van der Waals surface area contributed by atoms with E-state index in [0.717, 1.165) is 44.8 Å². The van der Waals surface area contributed by atoms with Gasteiger partial charge in [0.15, 0.2) is 0 Å². The number of nitrogens with one attached hydrogen (secondary N) is 2. The molecular weight excluding hydrogens is 362 g/mol. The van der Waals surface area contributed by atoms with Crippen molar-refractivity contribution in [2.75, 3.05) is 17.3 Å². The third kappa shape index (κ3) is 3.02. The Balaban J connectivity index is 1.57. The van der Waals surface area contributed by atoms with Crippen LogP contribution in [0.2, 0.25) is 0 Å². The lowest BCUT2D eigenvalue weighted by Gasteiger charge is -2.35. The SMILES string of the molecule is Cc1cc(-c2n[nH]c3cc4c(cc23)N(C)C(Cc2ccccc2)C(=O)N4)ccn1. The fourth-order valence-electron chi connectivity index (χ4n) is 3.98. The molecule has 0 bridgehead atoms. The standard InChI is InChI=1S/C23H21N5O/c1-14-10-16(8-9-24-14)22-17-12-20-19(13-18(17)26-27-22)25-23(29)21(28(20)2)11-15-6-4-3-5-7-15/h3-10,12-13,21H,11H2,1-2H3,(H,25,29)(H,26,27). The number of aryl methyl sites for hydroxylation is 1. The number of rotatable bonds is 3. The fourth-order valence-corrected chi connectivity index (χ4v) is 3.98. The Morgan fingerprint density at radius 1 is 1.10 bits per heavy atom. The summed E-state index contributed by atoms with van der Waals surface area (Å²) in [4.78, 5) is 19.1. The van der Waals surface area contributed by atoms with E-state index in [0.29, 0.717) is 6.42 Å². The van der Waals surface area contributed by atoms with Gasteiger partial charge in [0.25, 0.3) is 0 Å². The number of anilines is 2. The molecule has 5 rings (SSSR count). The van der Waals surface area contributed by atoms with Gasteiger partial charge in [0.1, 0.15) is 11.7 Å². The lowest BCUT2D eigenvalue weighted by atomic mass is 9.99. The summed E-state index contributed by atoms with van der Waals surface area (Å²) < 4.78 is 0. The van der Waals surface area contributed by atoms with E-state index in [-0.39, 0.29) is 11.9 Å². The van der Waals surface area contributed by atoms with Gasteiger partial charge < -0.3 is 10.2 Å². The second kappa shape index (κ2) is 6.74. The van der Waals surface area contributed by atoms with Crippen LogP contribution in [0.3, 0.4) is 0 Å². The van der Waals surface area contributed by atoms with Crippen molar-refractivity contribution < 1.29 is 4.79 Å². The Morgan fingerprint density at radius 2 is 1.93 bits per heavy atom. The molecule has 0 saturated heterocycles. The molecule has 0 radical (unpaired) electrons. The number of H-pyrrole nitrogens is 1.